The first-order chi connectivity index (χ1) is 10.9. The van der Waals surface area contributed by atoms with E-state index in [1.54, 1.807) is 0 Å². The molecule has 6 heteroatoms. The number of nitrogens with zero attached hydrogens (tertiary/aromatic N) is 2. The van der Waals surface area contributed by atoms with Crippen molar-refractivity contribution in [2.75, 3.05) is 46.0 Å². The largest absolute Gasteiger partial charge is 0.389 e. The van der Waals surface area contributed by atoms with Crippen LogP contribution in [-0.4, -0.2) is 84.6 Å². The molecule has 134 valence electrons. The van der Waals surface area contributed by atoms with Crippen molar-refractivity contribution in [3.63, 3.8) is 0 Å². The van der Waals surface area contributed by atoms with Crippen LogP contribution in [0.1, 0.15) is 40.0 Å². The highest BCUT2D eigenvalue weighted by atomic mass is 16.5. The second-order valence-corrected chi connectivity index (χ2v) is 7.52. The summed E-state index contributed by atoms with van der Waals surface area (Å²) in [7, 11) is 0. The number of carbonyl (C=O) groups excluding carboxylic acids is 1. The number of piperidine rings is 1. The summed E-state index contributed by atoms with van der Waals surface area (Å²) < 4.78 is 11.0. The molecule has 0 aromatic heterocycles. The fraction of sp³-hybridized carbons (Fsp3) is 0.941. The molecule has 0 unspecified atom stereocenters. The molecule has 0 spiro atoms. The SMILES string of the molecule is CC(C)(C)OC[C@H](O)CN1CCCC[C@H]1C(=O)N1CCOCC1. The lowest BCUT2D eigenvalue weighted by Gasteiger charge is -2.39. The molecule has 0 aromatic rings. The van der Waals surface area contributed by atoms with Crippen LogP contribution in [0.5, 0.6) is 0 Å². The molecule has 6 nitrogen and oxygen atoms in total. The van der Waals surface area contributed by atoms with Gasteiger partial charge < -0.3 is 19.5 Å². The molecule has 1 amide bonds. The predicted molar refractivity (Wildman–Crippen MR) is 88.3 cm³/mol. The Morgan fingerprint density at radius 3 is 2.61 bits per heavy atom. The number of β-amino-alcohol motifs (C(OH)–C–C–N with tert-alkyl or cyclic N) is 1. The van der Waals surface area contributed by atoms with Crippen LogP contribution in [0.15, 0.2) is 0 Å². The second-order valence-electron chi connectivity index (χ2n) is 7.52. The first-order valence-corrected chi connectivity index (χ1v) is 8.79. The van der Waals surface area contributed by atoms with Gasteiger partial charge in [-0.25, -0.2) is 0 Å². The summed E-state index contributed by atoms with van der Waals surface area (Å²) in [5.41, 5.74) is -0.258. The van der Waals surface area contributed by atoms with Crippen molar-refractivity contribution in [3.8, 4) is 0 Å². The number of likely N-dealkylation sites (tertiary alicyclic amines) is 1. The zero-order valence-corrected chi connectivity index (χ0v) is 14.8. The first kappa shape index (κ1) is 18.6. The Bertz CT molecular complexity index is 377. The van der Waals surface area contributed by atoms with E-state index < -0.39 is 6.10 Å². The molecule has 2 rings (SSSR count). The van der Waals surface area contributed by atoms with Gasteiger partial charge in [0.05, 0.1) is 37.6 Å². The fourth-order valence-electron chi connectivity index (χ4n) is 3.15. The van der Waals surface area contributed by atoms with Gasteiger partial charge in [0.25, 0.3) is 0 Å². The van der Waals surface area contributed by atoms with Gasteiger partial charge in [-0.2, -0.15) is 0 Å². The lowest BCUT2D eigenvalue weighted by molar-refractivity contribution is -0.143. The summed E-state index contributed by atoms with van der Waals surface area (Å²) in [6, 6.07) is -0.105. The number of ether oxygens (including phenoxy) is 2. The zero-order valence-electron chi connectivity index (χ0n) is 14.8. The highest BCUT2D eigenvalue weighted by Crippen LogP contribution is 2.20. The molecular formula is C17H32N2O4. The van der Waals surface area contributed by atoms with E-state index in [0.29, 0.717) is 39.5 Å². The van der Waals surface area contributed by atoms with Crippen LogP contribution >= 0.6 is 0 Å². The van der Waals surface area contributed by atoms with E-state index in [0.717, 1.165) is 25.8 Å². The maximum absolute atomic E-state index is 12.8. The van der Waals surface area contributed by atoms with E-state index in [9.17, 15) is 9.90 Å². The third-order valence-corrected chi connectivity index (χ3v) is 4.38. The smallest absolute Gasteiger partial charge is 0.240 e. The van der Waals surface area contributed by atoms with E-state index in [4.69, 9.17) is 9.47 Å². The zero-order chi connectivity index (χ0) is 16.9. The Morgan fingerprint density at radius 2 is 1.96 bits per heavy atom. The molecule has 2 aliphatic rings. The predicted octanol–water partition coefficient (Wildman–Crippen LogP) is 0.876. The van der Waals surface area contributed by atoms with E-state index >= 15 is 0 Å². The summed E-state index contributed by atoms with van der Waals surface area (Å²) in [5.74, 6) is 0.192. The average molecular weight is 328 g/mol. The fourth-order valence-corrected chi connectivity index (χ4v) is 3.15. The molecule has 2 atom stereocenters. The maximum Gasteiger partial charge on any atom is 0.240 e. The van der Waals surface area contributed by atoms with E-state index in [2.05, 4.69) is 4.90 Å². The summed E-state index contributed by atoms with van der Waals surface area (Å²) in [5, 5.41) is 10.3. The van der Waals surface area contributed by atoms with Gasteiger partial charge in [0.15, 0.2) is 0 Å². The maximum atomic E-state index is 12.8. The molecule has 0 aromatic carbocycles. The minimum Gasteiger partial charge on any atom is -0.389 e. The second kappa shape index (κ2) is 8.42. The number of aliphatic hydroxyl groups is 1. The number of hydrogen-bond acceptors (Lipinski definition) is 5. The third-order valence-electron chi connectivity index (χ3n) is 4.38. The van der Waals surface area contributed by atoms with Crippen molar-refractivity contribution in [1.29, 1.82) is 0 Å². The highest BCUT2D eigenvalue weighted by Gasteiger charge is 2.33. The molecule has 0 saturated carbocycles. The standard InChI is InChI=1S/C17H32N2O4/c1-17(2,3)23-13-14(20)12-19-7-5-4-6-15(19)16(21)18-8-10-22-11-9-18/h14-15,20H,4-13H2,1-3H3/t14-,15+/m1/s1. The molecule has 1 N–H and O–H groups in total. The summed E-state index contributed by atoms with van der Waals surface area (Å²) >= 11 is 0. The molecule has 23 heavy (non-hydrogen) atoms. The van der Waals surface area contributed by atoms with Gasteiger partial charge in [-0.05, 0) is 40.2 Å². The Labute approximate surface area is 139 Å². The van der Waals surface area contributed by atoms with Crippen molar-refractivity contribution in [2.45, 2.75) is 57.8 Å². The van der Waals surface area contributed by atoms with Gasteiger partial charge in [0.2, 0.25) is 5.91 Å². The van der Waals surface area contributed by atoms with Crippen LogP contribution in [0.25, 0.3) is 0 Å². The van der Waals surface area contributed by atoms with Gasteiger partial charge in [0.1, 0.15) is 0 Å². The van der Waals surface area contributed by atoms with Crippen LogP contribution in [0.2, 0.25) is 0 Å². The summed E-state index contributed by atoms with van der Waals surface area (Å²) in [6.07, 6.45) is 2.47. The number of rotatable bonds is 5. The number of carbonyl (C=O) groups is 1. The Kier molecular flexibility index (Phi) is 6.83. The molecule has 0 aliphatic carbocycles. The summed E-state index contributed by atoms with van der Waals surface area (Å²) in [4.78, 5) is 16.8. The molecule has 2 heterocycles. The Morgan fingerprint density at radius 1 is 1.26 bits per heavy atom. The molecule has 2 aliphatic heterocycles. The number of aliphatic hydroxyl groups excluding tert-OH is 1. The molecule has 0 radical (unpaired) electrons. The van der Waals surface area contributed by atoms with Crippen LogP contribution in [-0.2, 0) is 14.3 Å². The monoisotopic (exact) mass is 328 g/mol. The minimum absolute atomic E-state index is 0.105. The van der Waals surface area contributed by atoms with E-state index in [1.807, 2.05) is 25.7 Å². The number of morpholine rings is 1. The van der Waals surface area contributed by atoms with Crippen molar-refractivity contribution in [2.24, 2.45) is 0 Å². The number of amides is 1. The van der Waals surface area contributed by atoms with E-state index in [-0.39, 0.29) is 17.6 Å². The van der Waals surface area contributed by atoms with Crippen LogP contribution in [0, 0.1) is 0 Å². The van der Waals surface area contributed by atoms with Crippen LogP contribution in [0.4, 0.5) is 0 Å². The lowest BCUT2D eigenvalue weighted by Crippen LogP contribution is -2.55. The summed E-state index contributed by atoms with van der Waals surface area (Å²) in [6.45, 7) is 10.2. The first-order valence-electron chi connectivity index (χ1n) is 8.79. The highest BCUT2D eigenvalue weighted by molar-refractivity contribution is 5.82. The molecular weight excluding hydrogens is 296 g/mol. The van der Waals surface area contributed by atoms with Crippen molar-refractivity contribution < 1.29 is 19.4 Å². The Balaban J connectivity index is 1.88. The normalized spacial score (nSPS) is 25.4. The topological polar surface area (TPSA) is 62.2 Å². The van der Waals surface area contributed by atoms with Crippen molar-refractivity contribution in [3.05, 3.63) is 0 Å². The van der Waals surface area contributed by atoms with Crippen LogP contribution < -0.4 is 0 Å². The van der Waals surface area contributed by atoms with Gasteiger partial charge >= 0.3 is 0 Å². The van der Waals surface area contributed by atoms with Gasteiger partial charge in [-0.3, -0.25) is 9.69 Å². The van der Waals surface area contributed by atoms with Gasteiger partial charge in [-0.1, -0.05) is 6.42 Å². The van der Waals surface area contributed by atoms with Crippen molar-refractivity contribution >= 4 is 5.91 Å². The van der Waals surface area contributed by atoms with Gasteiger partial charge in [0, 0.05) is 19.6 Å². The lowest BCUT2D eigenvalue weighted by atomic mass is 10.00. The Hall–Kier alpha value is -0.690. The number of hydrogen-bond donors (Lipinski definition) is 1. The minimum atomic E-state index is -0.563. The van der Waals surface area contributed by atoms with Crippen LogP contribution in [0.3, 0.4) is 0 Å². The van der Waals surface area contributed by atoms with E-state index in [1.165, 1.54) is 0 Å². The van der Waals surface area contributed by atoms with Gasteiger partial charge in [-0.15, -0.1) is 0 Å². The molecule has 2 saturated heterocycles. The average Bonchev–Trinajstić information content (AvgIpc) is 2.53. The third kappa shape index (κ3) is 6.03. The molecule has 0 bridgehead atoms. The molecule has 2 fully saturated rings. The van der Waals surface area contributed by atoms with Crippen molar-refractivity contribution in [1.82, 2.24) is 9.80 Å². The quantitative estimate of drug-likeness (QED) is 0.812.